The summed E-state index contributed by atoms with van der Waals surface area (Å²) in [7, 11) is 2.09. The molecule has 1 aromatic carbocycles. The third-order valence-corrected chi connectivity index (χ3v) is 8.09. The van der Waals surface area contributed by atoms with Crippen LogP contribution in [0.5, 0.6) is 0 Å². The standard InChI is InChI=1S/C27H31N5O2S2/c1-4-11-31-24(30-15-13-29(3)14-16-30)21(19(2)22(18-28)25(31)33)17-23-26(34)32(27(35)36-23)12-10-20-8-6-5-7-9-20/h5-9,17H,4,10-16H2,1-3H3/b23-17-. The molecule has 36 heavy (non-hydrogen) atoms. The molecular formula is C27H31N5O2S2. The zero-order chi connectivity index (χ0) is 25.8. The number of hydrogen-bond donors (Lipinski definition) is 0. The first-order valence-corrected chi connectivity index (χ1v) is 13.5. The number of carbonyl (C=O) groups is 1. The van der Waals surface area contributed by atoms with Gasteiger partial charge < -0.3 is 9.80 Å². The molecule has 2 aromatic rings. The van der Waals surface area contributed by atoms with Gasteiger partial charge in [-0.3, -0.25) is 19.1 Å². The number of thiocarbonyl (C=S) groups is 1. The van der Waals surface area contributed by atoms with Gasteiger partial charge in [-0.2, -0.15) is 5.26 Å². The van der Waals surface area contributed by atoms with Gasteiger partial charge in [0, 0.05) is 44.8 Å². The molecule has 188 valence electrons. The van der Waals surface area contributed by atoms with E-state index in [2.05, 4.69) is 22.9 Å². The first kappa shape index (κ1) is 26.1. The number of anilines is 1. The van der Waals surface area contributed by atoms with Crippen LogP contribution in [-0.2, 0) is 17.8 Å². The molecule has 0 aliphatic carbocycles. The van der Waals surface area contributed by atoms with Crippen molar-refractivity contribution in [3.63, 3.8) is 0 Å². The molecule has 9 heteroatoms. The van der Waals surface area contributed by atoms with Crippen LogP contribution >= 0.6 is 24.0 Å². The number of aromatic nitrogens is 1. The third kappa shape index (κ3) is 5.26. The van der Waals surface area contributed by atoms with E-state index in [1.807, 2.05) is 43.3 Å². The van der Waals surface area contributed by atoms with Crippen molar-refractivity contribution in [2.75, 3.05) is 44.7 Å². The molecule has 0 atom stereocenters. The molecule has 0 unspecified atom stereocenters. The fourth-order valence-corrected chi connectivity index (χ4v) is 5.93. The van der Waals surface area contributed by atoms with E-state index in [9.17, 15) is 14.9 Å². The topological polar surface area (TPSA) is 72.6 Å². The maximum atomic E-state index is 13.4. The van der Waals surface area contributed by atoms with Crippen molar-refractivity contribution in [1.82, 2.24) is 14.4 Å². The van der Waals surface area contributed by atoms with Crippen molar-refractivity contribution in [3.8, 4) is 6.07 Å². The molecule has 2 aliphatic rings. The number of amides is 1. The average Bonchev–Trinajstić information content (AvgIpc) is 3.14. The number of benzene rings is 1. The van der Waals surface area contributed by atoms with E-state index in [4.69, 9.17) is 12.2 Å². The fourth-order valence-electron chi connectivity index (χ4n) is 4.64. The molecule has 0 bridgehead atoms. The third-order valence-electron chi connectivity index (χ3n) is 6.71. The van der Waals surface area contributed by atoms with Crippen LogP contribution in [0.25, 0.3) is 6.08 Å². The Bertz CT molecular complexity index is 1290. The minimum absolute atomic E-state index is 0.128. The first-order chi connectivity index (χ1) is 17.3. The molecule has 0 N–H and O–H groups in total. The van der Waals surface area contributed by atoms with Gasteiger partial charge in [-0.25, -0.2) is 0 Å². The normalized spacial score (nSPS) is 17.8. The fraction of sp³-hybridized carbons (Fsp3) is 0.407. The van der Waals surface area contributed by atoms with Gasteiger partial charge in [-0.05, 0) is 44.0 Å². The van der Waals surface area contributed by atoms with E-state index in [0.717, 1.165) is 49.5 Å². The van der Waals surface area contributed by atoms with Crippen molar-refractivity contribution in [2.24, 2.45) is 0 Å². The summed E-state index contributed by atoms with van der Waals surface area (Å²) in [6.07, 6.45) is 3.32. The van der Waals surface area contributed by atoms with E-state index in [-0.39, 0.29) is 17.0 Å². The van der Waals surface area contributed by atoms with E-state index in [1.165, 1.54) is 11.8 Å². The molecule has 7 nitrogen and oxygen atoms in total. The summed E-state index contributed by atoms with van der Waals surface area (Å²) in [6.45, 7) is 8.12. The highest BCUT2D eigenvalue weighted by Crippen LogP contribution is 2.36. The van der Waals surface area contributed by atoms with Crippen molar-refractivity contribution < 1.29 is 4.79 Å². The number of rotatable bonds is 7. The van der Waals surface area contributed by atoms with Crippen LogP contribution in [0.1, 0.15) is 35.6 Å². The number of hydrogen-bond acceptors (Lipinski definition) is 7. The van der Waals surface area contributed by atoms with Crippen LogP contribution in [0.3, 0.4) is 0 Å². The summed E-state index contributed by atoms with van der Waals surface area (Å²) in [6, 6.07) is 12.1. The highest BCUT2D eigenvalue weighted by atomic mass is 32.2. The lowest BCUT2D eigenvalue weighted by Crippen LogP contribution is -2.47. The van der Waals surface area contributed by atoms with Crippen LogP contribution in [0.15, 0.2) is 40.0 Å². The minimum Gasteiger partial charge on any atom is -0.355 e. The molecule has 1 amide bonds. The first-order valence-electron chi connectivity index (χ1n) is 12.3. The predicted octanol–water partition coefficient (Wildman–Crippen LogP) is 3.63. The van der Waals surface area contributed by atoms with E-state index in [0.29, 0.717) is 34.3 Å². The summed E-state index contributed by atoms with van der Waals surface area (Å²) < 4.78 is 2.25. The van der Waals surface area contributed by atoms with Gasteiger partial charge in [0.2, 0.25) is 0 Å². The van der Waals surface area contributed by atoms with E-state index >= 15 is 0 Å². The number of piperazine rings is 1. The second kappa shape index (κ2) is 11.4. The number of thioether (sulfide) groups is 1. The van der Waals surface area contributed by atoms with Gasteiger partial charge in [0.05, 0.1) is 4.91 Å². The SMILES string of the molecule is CCCn1c(N2CCN(C)CC2)c(/C=C2\SC(=S)N(CCc3ccccc3)C2=O)c(C)c(C#N)c1=O. The Hall–Kier alpha value is -2.93. The monoisotopic (exact) mass is 521 g/mol. The molecular weight excluding hydrogens is 490 g/mol. The largest absolute Gasteiger partial charge is 0.355 e. The molecule has 2 fully saturated rings. The quantitative estimate of drug-likeness (QED) is 0.407. The minimum atomic E-state index is -0.265. The number of nitrogens with zero attached hydrogens (tertiary/aromatic N) is 5. The Morgan fingerprint density at radius 2 is 1.81 bits per heavy atom. The van der Waals surface area contributed by atoms with Crippen LogP contribution in [-0.4, -0.2) is 64.4 Å². The van der Waals surface area contributed by atoms with Gasteiger partial charge in [-0.1, -0.05) is 61.2 Å². The number of carbonyl (C=O) groups excluding carboxylic acids is 1. The summed E-state index contributed by atoms with van der Waals surface area (Å²) >= 11 is 6.86. The lowest BCUT2D eigenvalue weighted by molar-refractivity contribution is -0.122. The van der Waals surface area contributed by atoms with Crippen molar-refractivity contribution in [3.05, 3.63) is 67.8 Å². The molecule has 2 aliphatic heterocycles. The summed E-state index contributed by atoms with van der Waals surface area (Å²) in [5.41, 5.74) is 2.38. The maximum Gasteiger partial charge on any atom is 0.270 e. The number of nitriles is 1. The molecule has 3 heterocycles. The smallest absolute Gasteiger partial charge is 0.270 e. The van der Waals surface area contributed by atoms with Gasteiger partial charge in [0.25, 0.3) is 11.5 Å². The van der Waals surface area contributed by atoms with Crippen LogP contribution < -0.4 is 10.5 Å². The Labute approximate surface area is 222 Å². The highest BCUT2D eigenvalue weighted by molar-refractivity contribution is 8.26. The molecule has 1 aromatic heterocycles. The lowest BCUT2D eigenvalue weighted by atomic mass is 10.0. The number of pyridine rings is 1. The summed E-state index contributed by atoms with van der Waals surface area (Å²) in [4.78, 5) is 33.4. The Kier molecular flexibility index (Phi) is 8.29. The molecule has 2 saturated heterocycles. The summed E-state index contributed by atoms with van der Waals surface area (Å²) in [5.74, 6) is 0.664. The zero-order valence-electron chi connectivity index (χ0n) is 21.0. The van der Waals surface area contributed by atoms with Gasteiger partial charge in [0.15, 0.2) is 0 Å². The van der Waals surface area contributed by atoms with E-state index < -0.39 is 0 Å². The maximum absolute atomic E-state index is 13.4. The predicted molar refractivity (Wildman–Crippen MR) is 150 cm³/mol. The van der Waals surface area contributed by atoms with Crippen molar-refractivity contribution in [1.29, 1.82) is 5.26 Å². The zero-order valence-corrected chi connectivity index (χ0v) is 22.6. The second-order valence-electron chi connectivity index (χ2n) is 9.17. The van der Waals surface area contributed by atoms with Crippen LogP contribution in [0.2, 0.25) is 0 Å². The molecule has 0 spiro atoms. The van der Waals surface area contributed by atoms with Crippen molar-refractivity contribution >= 4 is 46.1 Å². The Morgan fingerprint density at radius 3 is 2.44 bits per heavy atom. The molecule has 0 saturated carbocycles. The van der Waals surface area contributed by atoms with Gasteiger partial charge >= 0.3 is 0 Å². The lowest BCUT2D eigenvalue weighted by Gasteiger charge is -2.36. The van der Waals surface area contributed by atoms with Crippen molar-refractivity contribution in [2.45, 2.75) is 33.2 Å². The number of likely N-dealkylation sites (N-methyl/N-ethyl adjacent to an activating group) is 1. The van der Waals surface area contributed by atoms with Gasteiger partial charge in [0.1, 0.15) is 21.8 Å². The molecule has 0 radical (unpaired) electrons. The van der Waals surface area contributed by atoms with Crippen LogP contribution in [0, 0.1) is 18.3 Å². The second-order valence-corrected chi connectivity index (χ2v) is 10.8. The summed E-state index contributed by atoms with van der Waals surface area (Å²) in [5, 5.41) is 9.82. The Balaban J connectivity index is 1.75. The van der Waals surface area contributed by atoms with Crippen LogP contribution in [0.4, 0.5) is 5.82 Å². The highest BCUT2D eigenvalue weighted by Gasteiger charge is 2.33. The average molecular weight is 522 g/mol. The van der Waals surface area contributed by atoms with Gasteiger partial charge in [-0.15, -0.1) is 0 Å². The Morgan fingerprint density at radius 1 is 1.11 bits per heavy atom. The molecule has 4 rings (SSSR count). The van der Waals surface area contributed by atoms with E-state index in [1.54, 1.807) is 16.4 Å².